The van der Waals surface area contributed by atoms with Crippen LogP contribution >= 0.6 is 0 Å². The molecule has 0 fully saturated rings. The van der Waals surface area contributed by atoms with E-state index in [1.54, 1.807) is 6.07 Å². The van der Waals surface area contributed by atoms with Crippen LogP contribution in [0.15, 0.2) is 46.1 Å². The van der Waals surface area contributed by atoms with E-state index in [2.05, 4.69) is 4.72 Å². The number of benzene rings is 1. The smallest absolute Gasteiger partial charge is 0.245 e. The lowest BCUT2D eigenvalue weighted by molar-refractivity contribution is 0.554. The van der Waals surface area contributed by atoms with Gasteiger partial charge in [-0.1, -0.05) is 6.07 Å². The maximum Gasteiger partial charge on any atom is 0.245 e. The Balaban J connectivity index is 2.26. The topological polar surface area (TPSA) is 85.3 Å². The van der Waals surface area contributed by atoms with Gasteiger partial charge in [0.05, 0.1) is 18.2 Å². The number of sulfonamides is 1. The second-order valence-corrected chi connectivity index (χ2v) is 5.32. The molecule has 0 bridgehead atoms. The lowest BCUT2D eigenvalue weighted by Gasteiger charge is -2.09. The zero-order chi connectivity index (χ0) is 13.2. The molecule has 1 aromatic heterocycles. The molecule has 0 aliphatic rings. The first kappa shape index (κ1) is 12.6. The average molecular weight is 270 g/mol. The van der Waals surface area contributed by atoms with Crippen LogP contribution in [0.5, 0.6) is 0 Å². The average Bonchev–Trinajstić information content (AvgIpc) is 2.78. The van der Waals surface area contributed by atoms with Gasteiger partial charge < -0.3 is 10.2 Å². The number of nitrogen functional groups attached to an aromatic ring is 1. The van der Waals surface area contributed by atoms with Crippen LogP contribution in [0.4, 0.5) is 10.1 Å². The quantitative estimate of drug-likeness (QED) is 0.824. The number of halogens is 1. The van der Waals surface area contributed by atoms with Gasteiger partial charge in [-0.2, -0.15) is 0 Å². The minimum atomic E-state index is -3.99. The molecule has 2 aromatic rings. The van der Waals surface area contributed by atoms with Gasteiger partial charge in [-0.25, -0.2) is 17.5 Å². The minimum Gasteiger partial charge on any atom is -0.472 e. The number of nitrogens with two attached hydrogens (primary N) is 1. The monoisotopic (exact) mass is 270 g/mol. The molecule has 1 heterocycles. The van der Waals surface area contributed by atoms with E-state index < -0.39 is 20.7 Å². The molecule has 2 rings (SSSR count). The molecular weight excluding hydrogens is 259 g/mol. The predicted molar refractivity (Wildman–Crippen MR) is 63.5 cm³/mol. The lowest BCUT2D eigenvalue weighted by atomic mass is 10.3. The van der Waals surface area contributed by atoms with Gasteiger partial charge in [0.25, 0.3) is 0 Å². The number of rotatable bonds is 4. The van der Waals surface area contributed by atoms with E-state index in [1.165, 1.54) is 24.7 Å². The van der Waals surface area contributed by atoms with Crippen LogP contribution in [0.25, 0.3) is 0 Å². The Morgan fingerprint density at radius 2 is 2.11 bits per heavy atom. The number of anilines is 1. The minimum absolute atomic E-state index is 0.00656. The highest BCUT2D eigenvalue weighted by molar-refractivity contribution is 7.89. The first-order valence-corrected chi connectivity index (χ1v) is 6.54. The van der Waals surface area contributed by atoms with Crippen molar-refractivity contribution < 1.29 is 17.2 Å². The highest BCUT2D eigenvalue weighted by atomic mass is 32.2. The van der Waals surface area contributed by atoms with Crippen molar-refractivity contribution in [2.45, 2.75) is 11.4 Å². The van der Waals surface area contributed by atoms with Gasteiger partial charge in [-0.15, -0.1) is 0 Å². The third kappa shape index (κ3) is 2.52. The summed E-state index contributed by atoms with van der Waals surface area (Å²) in [4.78, 5) is -0.534. The lowest BCUT2D eigenvalue weighted by Crippen LogP contribution is -2.25. The van der Waals surface area contributed by atoms with Gasteiger partial charge in [0.15, 0.2) is 0 Å². The van der Waals surface area contributed by atoms with Crippen molar-refractivity contribution in [2.75, 3.05) is 5.73 Å². The van der Waals surface area contributed by atoms with Gasteiger partial charge >= 0.3 is 0 Å². The van der Waals surface area contributed by atoms with Crippen molar-refractivity contribution in [3.63, 3.8) is 0 Å². The molecule has 0 spiro atoms. The molecule has 7 heteroatoms. The fourth-order valence-electron chi connectivity index (χ4n) is 1.45. The van der Waals surface area contributed by atoms with Crippen molar-refractivity contribution in [2.24, 2.45) is 0 Å². The molecule has 0 radical (unpaired) electrons. The molecule has 0 aliphatic heterocycles. The van der Waals surface area contributed by atoms with Crippen LogP contribution < -0.4 is 10.5 Å². The Kier molecular flexibility index (Phi) is 3.35. The van der Waals surface area contributed by atoms with E-state index >= 15 is 0 Å². The molecule has 5 nitrogen and oxygen atoms in total. The molecule has 18 heavy (non-hydrogen) atoms. The fraction of sp³-hybridized carbons (Fsp3) is 0.0909. The summed E-state index contributed by atoms with van der Waals surface area (Å²) in [5.74, 6) is -0.880. The van der Waals surface area contributed by atoms with Gasteiger partial charge in [-0.05, 0) is 18.2 Å². The molecule has 0 aliphatic carbocycles. The molecule has 3 N–H and O–H groups in total. The number of hydrogen-bond acceptors (Lipinski definition) is 4. The summed E-state index contributed by atoms with van der Waals surface area (Å²) < 4.78 is 44.4. The zero-order valence-electron chi connectivity index (χ0n) is 9.26. The van der Waals surface area contributed by atoms with Crippen LogP contribution in [0.3, 0.4) is 0 Å². The van der Waals surface area contributed by atoms with E-state index in [1.807, 2.05) is 0 Å². The Morgan fingerprint density at radius 3 is 2.72 bits per heavy atom. The first-order valence-electron chi connectivity index (χ1n) is 5.05. The van der Waals surface area contributed by atoms with Crippen LogP contribution in [-0.2, 0) is 16.6 Å². The molecule has 96 valence electrons. The maximum absolute atomic E-state index is 13.5. The Labute approximate surface area is 103 Å². The Hall–Kier alpha value is -1.86. The largest absolute Gasteiger partial charge is 0.472 e. The molecular formula is C11H11FN2O3S. The molecule has 0 saturated carbocycles. The van der Waals surface area contributed by atoms with Crippen molar-refractivity contribution >= 4 is 15.7 Å². The number of hydrogen-bond donors (Lipinski definition) is 2. The summed E-state index contributed by atoms with van der Waals surface area (Å²) >= 11 is 0. The van der Waals surface area contributed by atoms with Crippen molar-refractivity contribution in [1.82, 2.24) is 4.72 Å². The first-order chi connectivity index (χ1) is 8.50. The van der Waals surface area contributed by atoms with Gasteiger partial charge in [0.2, 0.25) is 10.0 Å². The van der Waals surface area contributed by atoms with E-state index in [0.29, 0.717) is 5.56 Å². The van der Waals surface area contributed by atoms with Gasteiger partial charge in [0, 0.05) is 12.1 Å². The summed E-state index contributed by atoms with van der Waals surface area (Å²) in [6, 6.07) is 5.32. The summed E-state index contributed by atoms with van der Waals surface area (Å²) in [5, 5.41) is 0. The Morgan fingerprint density at radius 1 is 1.33 bits per heavy atom. The zero-order valence-corrected chi connectivity index (χ0v) is 10.1. The van der Waals surface area contributed by atoms with Crippen LogP contribution in [0.2, 0.25) is 0 Å². The van der Waals surface area contributed by atoms with Crippen LogP contribution in [0.1, 0.15) is 5.56 Å². The Bertz CT molecular complexity index is 618. The third-order valence-corrected chi connectivity index (χ3v) is 3.81. The van der Waals surface area contributed by atoms with Crippen molar-refractivity contribution in [3.8, 4) is 0 Å². The van der Waals surface area contributed by atoms with E-state index in [9.17, 15) is 12.8 Å². The van der Waals surface area contributed by atoms with E-state index in [4.69, 9.17) is 10.2 Å². The number of furan rings is 1. The van der Waals surface area contributed by atoms with Gasteiger partial charge in [0.1, 0.15) is 10.7 Å². The van der Waals surface area contributed by atoms with Crippen molar-refractivity contribution in [3.05, 3.63) is 48.2 Å². The van der Waals surface area contributed by atoms with Crippen molar-refractivity contribution in [1.29, 1.82) is 0 Å². The molecule has 0 unspecified atom stereocenters. The SMILES string of the molecule is Nc1cccc(F)c1S(=O)(=O)NCc1ccoc1. The summed E-state index contributed by atoms with van der Waals surface area (Å²) in [5.41, 5.74) is 5.98. The number of nitrogens with one attached hydrogen (secondary N) is 1. The highest BCUT2D eigenvalue weighted by Gasteiger charge is 2.21. The normalized spacial score (nSPS) is 11.6. The van der Waals surface area contributed by atoms with Gasteiger partial charge in [-0.3, -0.25) is 0 Å². The van der Waals surface area contributed by atoms with Crippen LogP contribution in [-0.4, -0.2) is 8.42 Å². The molecule has 0 atom stereocenters. The van der Waals surface area contributed by atoms with Crippen LogP contribution in [0, 0.1) is 5.82 Å². The molecule has 0 amide bonds. The molecule has 1 aromatic carbocycles. The summed E-state index contributed by atoms with van der Waals surface area (Å²) in [6.45, 7) is 0.00656. The second-order valence-electron chi connectivity index (χ2n) is 3.61. The highest BCUT2D eigenvalue weighted by Crippen LogP contribution is 2.21. The van der Waals surface area contributed by atoms with E-state index in [-0.39, 0.29) is 12.2 Å². The fourth-order valence-corrected chi connectivity index (χ4v) is 2.66. The molecule has 0 saturated heterocycles. The maximum atomic E-state index is 13.5. The standard InChI is InChI=1S/C11H11FN2O3S/c12-9-2-1-3-10(13)11(9)18(15,16)14-6-8-4-5-17-7-8/h1-5,7,14H,6,13H2. The third-order valence-electron chi connectivity index (χ3n) is 2.31. The summed E-state index contributed by atoms with van der Waals surface area (Å²) in [7, 11) is -3.99. The summed E-state index contributed by atoms with van der Waals surface area (Å²) in [6.07, 6.45) is 2.81. The predicted octanol–water partition coefficient (Wildman–Crippen LogP) is 1.48. The second kappa shape index (κ2) is 4.79. The van der Waals surface area contributed by atoms with E-state index in [0.717, 1.165) is 6.07 Å².